The molecule has 0 saturated heterocycles. The third-order valence-corrected chi connectivity index (χ3v) is 5.46. The van der Waals surface area contributed by atoms with Crippen LogP contribution in [0.3, 0.4) is 0 Å². The molecule has 1 N–H and O–H groups in total. The highest BCUT2D eigenvalue weighted by atomic mass is 16.5. The fourth-order valence-corrected chi connectivity index (χ4v) is 3.54. The Labute approximate surface area is 182 Å². The smallest absolute Gasteiger partial charge is 0.287 e. The van der Waals surface area contributed by atoms with Crippen molar-refractivity contribution in [3.8, 4) is 11.5 Å². The first-order valence-corrected chi connectivity index (χ1v) is 10.6. The molecule has 4 heteroatoms. The van der Waals surface area contributed by atoms with Crippen molar-refractivity contribution in [2.75, 3.05) is 0 Å². The molecule has 0 bridgehead atoms. The van der Waals surface area contributed by atoms with E-state index in [4.69, 9.17) is 9.15 Å². The molecule has 4 rings (SSSR count). The van der Waals surface area contributed by atoms with Crippen molar-refractivity contribution < 1.29 is 13.9 Å². The Morgan fingerprint density at radius 2 is 1.58 bits per heavy atom. The second-order valence-electron chi connectivity index (χ2n) is 8.21. The zero-order valence-corrected chi connectivity index (χ0v) is 18.4. The molecular weight excluding hydrogens is 386 g/mol. The number of ether oxygens (including phenoxy) is 1. The lowest BCUT2D eigenvalue weighted by atomic mass is 10.0. The molecule has 3 aromatic carbocycles. The number of hydrogen-bond acceptors (Lipinski definition) is 3. The molecule has 0 unspecified atom stereocenters. The van der Waals surface area contributed by atoms with Gasteiger partial charge in [-0.1, -0.05) is 50.2 Å². The lowest BCUT2D eigenvalue weighted by Crippen LogP contribution is -2.22. The molecular formula is C27H27NO3. The van der Waals surface area contributed by atoms with E-state index in [1.807, 2.05) is 68.4 Å². The Balaban J connectivity index is 1.38. The van der Waals surface area contributed by atoms with Crippen LogP contribution in [0.2, 0.25) is 0 Å². The Bertz CT molecular complexity index is 1200. The first-order valence-electron chi connectivity index (χ1n) is 10.6. The lowest BCUT2D eigenvalue weighted by molar-refractivity contribution is 0.0924. The minimum Gasteiger partial charge on any atom is -0.457 e. The van der Waals surface area contributed by atoms with Gasteiger partial charge >= 0.3 is 0 Å². The number of aryl methyl sites for hydroxylation is 2. The van der Waals surface area contributed by atoms with Gasteiger partial charge in [-0.2, -0.15) is 0 Å². The van der Waals surface area contributed by atoms with Gasteiger partial charge in [-0.15, -0.1) is 0 Å². The third-order valence-electron chi connectivity index (χ3n) is 5.46. The number of rotatable bonds is 6. The minimum absolute atomic E-state index is 0.211. The van der Waals surface area contributed by atoms with Gasteiger partial charge in [0.2, 0.25) is 0 Å². The summed E-state index contributed by atoms with van der Waals surface area (Å²) in [5.41, 5.74) is 4.98. The van der Waals surface area contributed by atoms with Crippen molar-refractivity contribution in [3.05, 3.63) is 94.7 Å². The maximum Gasteiger partial charge on any atom is 0.287 e. The van der Waals surface area contributed by atoms with Gasteiger partial charge < -0.3 is 14.5 Å². The second kappa shape index (κ2) is 8.68. The van der Waals surface area contributed by atoms with Crippen LogP contribution in [0.4, 0.5) is 0 Å². The van der Waals surface area contributed by atoms with Crippen LogP contribution >= 0.6 is 0 Å². The summed E-state index contributed by atoms with van der Waals surface area (Å²) in [6, 6.07) is 21.8. The molecule has 0 atom stereocenters. The molecule has 0 saturated carbocycles. The molecule has 0 radical (unpaired) electrons. The summed E-state index contributed by atoms with van der Waals surface area (Å²) in [6.07, 6.45) is 0. The van der Waals surface area contributed by atoms with Crippen LogP contribution in [-0.4, -0.2) is 5.91 Å². The molecule has 158 valence electrons. The minimum atomic E-state index is -0.211. The first kappa shape index (κ1) is 20.7. The maximum atomic E-state index is 12.6. The predicted octanol–water partition coefficient (Wildman–Crippen LogP) is 6.90. The highest BCUT2D eigenvalue weighted by Crippen LogP contribution is 2.27. The van der Waals surface area contributed by atoms with Crippen molar-refractivity contribution in [1.29, 1.82) is 0 Å². The van der Waals surface area contributed by atoms with Crippen LogP contribution in [0.5, 0.6) is 11.5 Å². The van der Waals surface area contributed by atoms with Crippen LogP contribution in [0.25, 0.3) is 11.0 Å². The summed E-state index contributed by atoms with van der Waals surface area (Å²) in [5.74, 6) is 2.22. The largest absolute Gasteiger partial charge is 0.457 e. The van der Waals surface area contributed by atoms with E-state index in [-0.39, 0.29) is 5.91 Å². The van der Waals surface area contributed by atoms with Crippen LogP contribution in [-0.2, 0) is 6.54 Å². The maximum absolute atomic E-state index is 12.6. The first-order chi connectivity index (χ1) is 14.9. The topological polar surface area (TPSA) is 51.5 Å². The lowest BCUT2D eigenvalue weighted by Gasteiger charge is -2.09. The summed E-state index contributed by atoms with van der Waals surface area (Å²) < 4.78 is 11.7. The highest BCUT2D eigenvalue weighted by Gasteiger charge is 2.17. The SMILES string of the molecule is Cc1ccc2c(C)c(C(=O)NCc3ccc(Oc4ccc(C(C)C)cc4)cc3)oc2c1. The fraction of sp³-hybridized carbons (Fsp3) is 0.222. The number of carbonyl (C=O) groups excluding carboxylic acids is 1. The van der Waals surface area contributed by atoms with E-state index in [1.54, 1.807) is 0 Å². The number of amides is 1. The molecule has 31 heavy (non-hydrogen) atoms. The number of fused-ring (bicyclic) bond motifs is 1. The number of nitrogens with one attached hydrogen (secondary N) is 1. The second-order valence-corrected chi connectivity index (χ2v) is 8.21. The van der Waals surface area contributed by atoms with Crippen molar-refractivity contribution in [3.63, 3.8) is 0 Å². The third kappa shape index (κ3) is 4.64. The van der Waals surface area contributed by atoms with Gasteiger partial charge in [0.15, 0.2) is 5.76 Å². The number of benzene rings is 3. The molecule has 4 nitrogen and oxygen atoms in total. The molecule has 1 heterocycles. The monoisotopic (exact) mass is 413 g/mol. The average Bonchev–Trinajstić information content (AvgIpc) is 3.09. The quantitative estimate of drug-likeness (QED) is 0.374. The number of furan rings is 1. The van der Waals surface area contributed by atoms with E-state index >= 15 is 0 Å². The predicted molar refractivity (Wildman–Crippen MR) is 124 cm³/mol. The number of hydrogen-bond donors (Lipinski definition) is 1. The van der Waals surface area contributed by atoms with E-state index in [0.717, 1.165) is 39.2 Å². The standard InChI is InChI=1S/C27H27NO3/c1-17(2)21-8-12-23(13-9-21)30-22-10-6-20(7-11-22)16-28-27(29)26-19(4)24-14-5-18(3)15-25(24)31-26/h5-15,17H,16H2,1-4H3,(H,28,29). The van der Waals surface area contributed by atoms with E-state index in [9.17, 15) is 4.79 Å². The van der Waals surface area contributed by atoms with Gasteiger partial charge in [-0.25, -0.2) is 0 Å². The van der Waals surface area contributed by atoms with Crippen LogP contribution in [0, 0.1) is 13.8 Å². The van der Waals surface area contributed by atoms with Crippen molar-refractivity contribution in [2.45, 2.75) is 40.2 Å². The Kier molecular flexibility index (Phi) is 5.81. The van der Waals surface area contributed by atoms with E-state index in [1.165, 1.54) is 5.56 Å². The Morgan fingerprint density at radius 3 is 2.23 bits per heavy atom. The zero-order chi connectivity index (χ0) is 22.0. The van der Waals surface area contributed by atoms with Crippen molar-refractivity contribution in [2.24, 2.45) is 0 Å². The van der Waals surface area contributed by atoms with Crippen molar-refractivity contribution >= 4 is 16.9 Å². The Hall–Kier alpha value is -3.53. The van der Waals surface area contributed by atoms with E-state index < -0.39 is 0 Å². The summed E-state index contributed by atoms with van der Waals surface area (Å²) >= 11 is 0. The summed E-state index contributed by atoms with van der Waals surface area (Å²) in [5, 5.41) is 3.92. The van der Waals surface area contributed by atoms with E-state index in [2.05, 4.69) is 31.3 Å². The fourth-order valence-electron chi connectivity index (χ4n) is 3.54. The van der Waals surface area contributed by atoms with Gasteiger partial charge in [0.25, 0.3) is 5.91 Å². The van der Waals surface area contributed by atoms with Crippen LogP contribution in [0.1, 0.15) is 52.6 Å². The Morgan fingerprint density at radius 1 is 0.935 bits per heavy atom. The molecule has 0 aliphatic heterocycles. The molecule has 0 aliphatic carbocycles. The molecule has 0 spiro atoms. The highest BCUT2D eigenvalue weighted by molar-refractivity contribution is 5.99. The van der Waals surface area contributed by atoms with Gasteiger partial charge in [0.1, 0.15) is 17.1 Å². The molecule has 1 aromatic heterocycles. The zero-order valence-electron chi connectivity index (χ0n) is 18.4. The summed E-state index contributed by atoms with van der Waals surface area (Å²) in [7, 11) is 0. The molecule has 0 fully saturated rings. The average molecular weight is 414 g/mol. The van der Waals surface area contributed by atoms with Gasteiger partial charge in [0, 0.05) is 17.5 Å². The van der Waals surface area contributed by atoms with Gasteiger partial charge in [-0.05, 0) is 66.8 Å². The van der Waals surface area contributed by atoms with Gasteiger partial charge in [-0.3, -0.25) is 4.79 Å². The van der Waals surface area contributed by atoms with E-state index in [0.29, 0.717) is 18.2 Å². The summed E-state index contributed by atoms with van der Waals surface area (Å²) in [4.78, 5) is 12.6. The molecule has 0 aliphatic rings. The molecule has 1 amide bonds. The van der Waals surface area contributed by atoms with Crippen LogP contribution < -0.4 is 10.1 Å². The normalized spacial score (nSPS) is 11.1. The van der Waals surface area contributed by atoms with Crippen molar-refractivity contribution in [1.82, 2.24) is 5.32 Å². The van der Waals surface area contributed by atoms with Crippen LogP contribution in [0.15, 0.2) is 71.1 Å². The van der Waals surface area contributed by atoms with Gasteiger partial charge in [0.05, 0.1) is 0 Å². The molecule has 4 aromatic rings. The summed E-state index contributed by atoms with van der Waals surface area (Å²) in [6.45, 7) is 8.67. The number of carbonyl (C=O) groups is 1.